The quantitative estimate of drug-likeness (QED) is 0.190. The van der Waals surface area contributed by atoms with Gasteiger partial charge in [-0.25, -0.2) is 0 Å². The van der Waals surface area contributed by atoms with Crippen molar-refractivity contribution >= 4 is 11.9 Å². The number of esters is 2. The molecule has 25 heavy (non-hydrogen) atoms. The summed E-state index contributed by atoms with van der Waals surface area (Å²) in [5, 5.41) is 0. The fourth-order valence-electron chi connectivity index (χ4n) is 2.58. The van der Waals surface area contributed by atoms with Gasteiger partial charge in [-0.2, -0.15) is 0 Å². The van der Waals surface area contributed by atoms with Crippen LogP contribution in [0.4, 0.5) is 0 Å². The number of ether oxygens (including phenoxy) is 2. The number of hydrogen-bond donors (Lipinski definition) is 0. The lowest BCUT2D eigenvalue weighted by Gasteiger charge is -2.13. The molecular formula is C21H38O4. The van der Waals surface area contributed by atoms with E-state index in [2.05, 4.69) is 13.5 Å². The molecule has 0 aliphatic heterocycles. The molecule has 0 saturated carbocycles. The average molecular weight is 355 g/mol. The van der Waals surface area contributed by atoms with E-state index >= 15 is 0 Å². The molecule has 0 fully saturated rings. The van der Waals surface area contributed by atoms with Gasteiger partial charge in [-0.15, -0.1) is 6.58 Å². The SMILES string of the molecule is C=CCCCCOC(=O)CCCC(=O)OC(C)CCCCCCCC. The highest BCUT2D eigenvalue weighted by Gasteiger charge is 2.11. The van der Waals surface area contributed by atoms with E-state index in [-0.39, 0.29) is 30.9 Å². The molecule has 0 spiro atoms. The van der Waals surface area contributed by atoms with Crippen LogP contribution >= 0.6 is 0 Å². The third kappa shape index (κ3) is 17.3. The number of carbonyl (C=O) groups is 2. The standard InChI is InChI=1S/C21H38O4/c1-4-6-8-10-11-12-15-19(3)25-21(23)17-14-16-20(22)24-18-13-9-7-5-2/h5,19H,2,4,6-18H2,1,3H3. The van der Waals surface area contributed by atoms with Crippen LogP contribution in [0.1, 0.15) is 97.3 Å². The Balaban J connectivity index is 3.52. The first kappa shape index (κ1) is 23.7. The lowest BCUT2D eigenvalue weighted by molar-refractivity contribution is -0.149. The van der Waals surface area contributed by atoms with Crippen LogP contribution in [0.5, 0.6) is 0 Å². The lowest BCUT2D eigenvalue weighted by Crippen LogP contribution is -2.15. The summed E-state index contributed by atoms with van der Waals surface area (Å²) >= 11 is 0. The van der Waals surface area contributed by atoms with Crippen molar-refractivity contribution in [2.24, 2.45) is 0 Å². The Labute approximate surface area is 154 Å². The summed E-state index contributed by atoms with van der Waals surface area (Å²) in [5.74, 6) is -0.441. The third-order valence-corrected chi connectivity index (χ3v) is 4.12. The molecule has 0 aromatic heterocycles. The highest BCUT2D eigenvalue weighted by atomic mass is 16.5. The largest absolute Gasteiger partial charge is 0.466 e. The Hall–Kier alpha value is -1.32. The first-order chi connectivity index (χ1) is 12.1. The van der Waals surface area contributed by atoms with Gasteiger partial charge in [0.2, 0.25) is 0 Å². The van der Waals surface area contributed by atoms with Crippen LogP contribution in [0.2, 0.25) is 0 Å². The van der Waals surface area contributed by atoms with Gasteiger partial charge in [0.15, 0.2) is 0 Å². The van der Waals surface area contributed by atoms with Crippen molar-refractivity contribution in [3.63, 3.8) is 0 Å². The third-order valence-electron chi connectivity index (χ3n) is 4.12. The van der Waals surface area contributed by atoms with Crippen LogP contribution in [0.25, 0.3) is 0 Å². The zero-order valence-electron chi connectivity index (χ0n) is 16.4. The predicted molar refractivity (Wildman–Crippen MR) is 102 cm³/mol. The van der Waals surface area contributed by atoms with E-state index in [1.54, 1.807) is 0 Å². The van der Waals surface area contributed by atoms with Crippen LogP contribution in [0.3, 0.4) is 0 Å². The van der Waals surface area contributed by atoms with Gasteiger partial charge in [0.1, 0.15) is 0 Å². The molecule has 0 bridgehead atoms. The molecule has 0 rings (SSSR count). The van der Waals surface area contributed by atoms with E-state index in [0.717, 1.165) is 32.1 Å². The fourth-order valence-corrected chi connectivity index (χ4v) is 2.58. The van der Waals surface area contributed by atoms with Crippen molar-refractivity contribution in [3.8, 4) is 0 Å². The van der Waals surface area contributed by atoms with Crippen LogP contribution in [0, 0.1) is 0 Å². The smallest absolute Gasteiger partial charge is 0.306 e. The van der Waals surface area contributed by atoms with E-state index in [9.17, 15) is 9.59 Å². The maximum Gasteiger partial charge on any atom is 0.306 e. The second-order valence-electron chi connectivity index (χ2n) is 6.72. The Bertz CT molecular complexity index is 352. The minimum Gasteiger partial charge on any atom is -0.466 e. The summed E-state index contributed by atoms with van der Waals surface area (Å²) in [6, 6.07) is 0. The van der Waals surface area contributed by atoms with Crippen LogP contribution in [0.15, 0.2) is 12.7 Å². The van der Waals surface area contributed by atoms with Gasteiger partial charge in [0, 0.05) is 12.8 Å². The van der Waals surface area contributed by atoms with Crippen molar-refractivity contribution in [2.45, 2.75) is 103 Å². The van der Waals surface area contributed by atoms with Crippen LogP contribution < -0.4 is 0 Å². The van der Waals surface area contributed by atoms with Crippen molar-refractivity contribution < 1.29 is 19.1 Å². The molecule has 1 atom stereocenters. The lowest BCUT2D eigenvalue weighted by atomic mass is 10.1. The Morgan fingerprint density at radius 1 is 0.920 bits per heavy atom. The molecule has 0 aliphatic carbocycles. The van der Waals surface area contributed by atoms with E-state index in [1.807, 2.05) is 13.0 Å². The molecule has 0 aliphatic rings. The van der Waals surface area contributed by atoms with Gasteiger partial charge in [-0.05, 0) is 45.4 Å². The van der Waals surface area contributed by atoms with E-state index in [0.29, 0.717) is 13.0 Å². The first-order valence-corrected chi connectivity index (χ1v) is 10.1. The van der Waals surface area contributed by atoms with Gasteiger partial charge >= 0.3 is 11.9 Å². The molecule has 4 heteroatoms. The summed E-state index contributed by atoms with van der Waals surface area (Å²) in [5.41, 5.74) is 0. The number of hydrogen-bond acceptors (Lipinski definition) is 4. The number of allylic oxidation sites excluding steroid dienone is 1. The number of carbonyl (C=O) groups excluding carboxylic acids is 2. The van der Waals surface area contributed by atoms with Gasteiger partial charge in [0.05, 0.1) is 12.7 Å². The summed E-state index contributed by atoms with van der Waals surface area (Å²) in [6.07, 6.45) is 14.1. The van der Waals surface area contributed by atoms with Crippen LogP contribution in [-0.2, 0) is 19.1 Å². The fraction of sp³-hybridized carbons (Fsp3) is 0.810. The molecule has 1 unspecified atom stereocenters. The van der Waals surface area contributed by atoms with Crippen molar-refractivity contribution in [1.82, 2.24) is 0 Å². The predicted octanol–water partition coefficient (Wildman–Crippen LogP) is 5.74. The highest BCUT2D eigenvalue weighted by molar-refractivity contribution is 5.72. The normalized spacial score (nSPS) is 11.8. The molecule has 0 N–H and O–H groups in total. The van der Waals surface area contributed by atoms with Crippen molar-refractivity contribution in [1.29, 1.82) is 0 Å². The van der Waals surface area contributed by atoms with E-state index in [1.165, 1.54) is 32.1 Å². The second kappa shape index (κ2) is 17.5. The average Bonchev–Trinajstić information content (AvgIpc) is 2.57. The summed E-state index contributed by atoms with van der Waals surface area (Å²) in [7, 11) is 0. The Morgan fingerprint density at radius 3 is 2.32 bits per heavy atom. The topological polar surface area (TPSA) is 52.6 Å². The second-order valence-corrected chi connectivity index (χ2v) is 6.72. The maximum absolute atomic E-state index is 11.8. The van der Waals surface area contributed by atoms with Gasteiger partial charge in [0.25, 0.3) is 0 Å². The van der Waals surface area contributed by atoms with Crippen LogP contribution in [-0.4, -0.2) is 24.6 Å². The zero-order valence-corrected chi connectivity index (χ0v) is 16.4. The summed E-state index contributed by atoms with van der Waals surface area (Å²) in [4.78, 5) is 23.3. The maximum atomic E-state index is 11.8. The Morgan fingerprint density at radius 2 is 1.60 bits per heavy atom. The molecule has 0 heterocycles. The van der Waals surface area contributed by atoms with Gasteiger partial charge in [-0.1, -0.05) is 45.1 Å². The zero-order chi connectivity index (χ0) is 18.8. The molecule has 0 amide bonds. The first-order valence-electron chi connectivity index (χ1n) is 10.1. The molecule has 0 aromatic rings. The molecular weight excluding hydrogens is 316 g/mol. The summed E-state index contributed by atoms with van der Waals surface area (Å²) in [6.45, 7) is 8.26. The molecule has 0 aromatic carbocycles. The highest BCUT2D eigenvalue weighted by Crippen LogP contribution is 2.11. The Kier molecular flexibility index (Phi) is 16.6. The van der Waals surface area contributed by atoms with E-state index < -0.39 is 0 Å². The number of rotatable bonds is 17. The number of unbranched alkanes of at least 4 members (excludes halogenated alkanes) is 7. The van der Waals surface area contributed by atoms with Gasteiger partial charge < -0.3 is 9.47 Å². The van der Waals surface area contributed by atoms with E-state index in [4.69, 9.17) is 9.47 Å². The monoisotopic (exact) mass is 354 g/mol. The molecule has 0 saturated heterocycles. The minimum atomic E-state index is -0.230. The molecule has 4 nitrogen and oxygen atoms in total. The molecule has 0 radical (unpaired) electrons. The van der Waals surface area contributed by atoms with Crippen molar-refractivity contribution in [2.75, 3.05) is 6.61 Å². The van der Waals surface area contributed by atoms with Gasteiger partial charge in [-0.3, -0.25) is 9.59 Å². The van der Waals surface area contributed by atoms with Crippen molar-refractivity contribution in [3.05, 3.63) is 12.7 Å². The minimum absolute atomic E-state index is 0.0320. The summed E-state index contributed by atoms with van der Waals surface area (Å²) < 4.78 is 10.5. The molecule has 146 valence electrons.